The lowest BCUT2D eigenvalue weighted by Crippen LogP contribution is -2.31. The Bertz CT molecular complexity index is 203. The van der Waals surface area contributed by atoms with E-state index in [1.807, 2.05) is 0 Å². The molecule has 0 aromatic carbocycles. The maximum Gasteiger partial charge on any atom is 0.0133 e. The van der Waals surface area contributed by atoms with Crippen molar-refractivity contribution >= 4 is 22.6 Å². The zero-order valence-corrected chi connectivity index (χ0v) is 12.4. The summed E-state index contributed by atoms with van der Waals surface area (Å²) in [7, 11) is 2.29. The van der Waals surface area contributed by atoms with Crippen molar-refractivity contribution in [3.8, 4) is 0 Å². The zero-order chi connectivity index (χ0) is 11.3. The van der Waals surface area contributed by atoms with Gasteiger partial charge in [0.2, 0.25) is 0 Å². The van der Waals surface area contributed by atoms with E-state index in [-0.39, 0.29) is 0 Å². The molecule has 1 aliphatic rings. The molecule has 3 atom stereocenters. The maximum absolute atomic E-state index is 2.58. The van der Waals surface area contributed by atoms with E-state index in [9.17, 15) is 0 Å². The van der Waals surface area contributed by atoms with Crippen LogP contribution in [0, 0.1) is 5.92 Å². The summed E-state index contributed by atoms with van der Waals surface area (Å²) in [5.41, 5.74) is 0. The van der Waals surface area contributed by atoms with Crippen molar-refractivity contribution < 1.29 is 0 Å². The Morgan fingerprint density at radius 3 is 2.80 bits per heavy atom. The third kappa shape index (κ3) is 3.74. The van der Waals surface area contributed by atoms with Gasteiger partial charge in [-0.3, -0.25) is 0 Å². The second kappa shape index (κ2) is 6.89. The van der Waals surface area contributed by atoms with Crippen LogP contribution in [0.1, 0.15) is 39.5 Å². The van der Waals surface area contributed by atoms with Gasteiger partial charge in [-0.1, -0.05) is 34.7 Å². The minimum atomic E-state index is 0.781. The largest absolute Gasteiger partial charge is 0.300 e. The van der Waals surface area contributed by atoms with Crippen LogP contribution in [-0.2, 0) is 0 Å². The number of halogens is 1. The van der Waals surface area contributed by atoms with Gasteiger partial charge in [0.05, 0.1) is 0 Å². The molecule has 0 N–H and O–H groups in total. The number of likely N-dealkylation sites (tertiary alicyclic amines) is 1. The Kier molecular flexibility index (Phi) is 6.20. The molecule has 15 heavy (non-hydrogen) atoms. The Morgan fingerprint density at radius 1 is 1.47 bits per heavy atom. The fraction of sp³-hybridized carbons (Fsp3) is 0.846. The smallest absolute Gasteiger partial charge is 0.0133 e. The van der Waals surface area contributed by atoms with Crippen molar-refractivity contribution in [1.82, 2.24) is 4.90 Å². The van der Waals surface area contributed by atoms with Gasteiger partial charge in [0.15, 0.2) is 0 Å². The Balaban J connectivity index is 2.43. The first-order valence-electron chi connectivity index (χ1n) is 6.09. The molecular formula is C13H24IN. The zero-order valence-electron chi connectivity index (χ0n) is 10.2. The van der Waals surface area contributed by atoms with Gasteiger partial charge in [-0.15, -0.1) is 0 Å². The number of allylic oxidation sites excluding steroid dienone is 1. The van der Waals surface area contributed by atoms with Gasteiger partial charge in [0.1, 0.15) is 0 Å². The molecule has 1 rings (SSSR count). The average Bonchev–Trinajstić information content (AvgIpc) is 2.51. The molecular weight excluding hydrogens is 297 g/mol. The minimum Gasteiger partial charge on any atom is -0.300 e. The second-order valence-electron chi connectivity index (χ2n) is 4.69. The molecule has 2 unspecified atom stereocenters. The number of rotatable bonds is 5. The minimum absolute atomic E-state index is 0.781. The number of hydrogen-bond donors (Lipinski definition) is 0. The van der Waals surface area contributed by atoms with Gasteiger partial charge in [0.25, 0.3) is 0 Å². The summed E-state index contributed by atoms with van der Waals surface area (Å²) in [5, 5.41) is 0. The van der Waals surface area contributed by atoms with E-state index in [0.29, 0.717) is 0 Å². The monoisotopic (exact) mass is 321 g/mol. The molecule has 1 aliphatic heterocycles. The lowest BCUT2D eigenvalue weighted by Gasteiger charge is -2.23. The number of hydrogen-bond acceptors (Lipinski definition) is 1. The average molecular weight is 321 g/mol. The summed E-state index contributed by atoms with van der Waals surface area (Å²) >= 11 is 2.49. The summed E-state index contributed by atoms with van der Waals surface area (Å²) in [4.78, 5) is 2.58. The molecule has 1 heterocycles. The van der Waals surface area contributed by atoms with Gasteiger partial charge in [-0.05, 0) is 56.9 Å². The number of nitrogens with zero attached hydrogens (tertiary/aromatic N) is 1. The molecule has 0 aromatic heterocycles. The van der Waals surface area contributed by atoms with Gasteiger partial charge in [-0.2, -0.15) is 0 Å². The first-order chi connectivity index (χ1) is 7.20. The van der Waals surface area contributed by atoms with Crippen LogP contribution in [0.25, 0.3) is 0 Å². The van der Waals surface area contributed by atoms with Crippen molar-refractivity contribution in [2.75, 3.05) is 11.5 Å². The van der Waals surface area contributed by atoms with E-state index in [1.165, 1.54) is 30.1 Å². The Hall–Kier alpha value is 0.430. The van der Waals surface area contributed by atoms with Crippen LogP contribution in [-0.4, -0.2) is 28.5 Å². The highest BCUT2D eigenvalue weighted by atomic mass is 127. The third-order valence-electron chi connectivity index (χ3n) is 3.83. The summed E-state index contributed by atoms with van der Waals surface area (Å²) in [6, 6.07) is 1.57. The molecule has 0 saturated carbocycles. The Morgan fingerprint density at radius 2 is 2.20 bits per heavy atom. The first-order valence-corrected chi connectivity index (χ1v) is 7.62. The first kappa shape index (κ1) is 13.5. The Labute approximate surface area is 108 Å². The summed E-state index contributed by atoms with van der Waals surface area (Å²) in [5.74, 6) is 0.931. The van der Waals surface area contributed by atoms with Gasteiger partial charge in [0, 0.05) is 12.1 Å². The topological polar surface area (TPSA) is 3.24 Å². The predicted molar refractivity (Wildman–Crippen MR) is 76.7 cm³/mol. The van der Waals surface area contributed by atoms with E-state index in [1.54, 1.807) is 0 Å². The highest BCUT2D eigenvalue weighted by Gasteiger charge is 2.34. The van der Waals surface area contributed by atoms with Crippen LogP contribution in [0.2, 0.25) is 0 Å². The summed E-state index contributed by atoms with van der Waals surface area (Å²) in [6.07, 6.45) is 9.93. The molecule has 0 amide bonds. The fourth-order valence-electron chi connectivity index (χ4n) is 2.63. The molecule has 0 bridgehead atoms. The van der Waals surface area contributed by atoms with E-state index in [2.05, 4.69) is 60.5 Å². The molecule has 0 aromatic rings. The van der Waals surface area contributed by atoms with Gasteiger partial charge < -0.3 is 4.90 Å². The molecule has 0 spiro atoms. The summed E-state index contributed by atoms with van der Waals surface area (Å²) in [6.45, 7) is 4.51. The van der Waals surface area contributed by atoms with Crippen LogP contribution in [0.15, 0.2) is 12.2 Å². The molecule has 1 nitrogen and oxygen atoms in total. The standard InChI is InChI=1S/C13H24IN/c1-4-5-8-13-10-12(7-6-9-14)11(2)15(13)3/h4-5,11-13H,6-10H2,1-3H3/b5-4-/t11?,12?,13-/m1/s1. The SMILES string of the molecule is C/C=C\C[C@@H]1CC(CCCI)C(C)N1C. The second-order valence-corrected chi connectivity index (χ2v) is 5.77. The highest BCUT2D eigenvalue weighted by Crippen LogP contribution is 2.33. The van der Waals surface area contributed by atoms with Crippen LogP contribution in [0.5, 0.6) is 0 Å². The molecule has 88 valence electrons. The molecule has 1 fully saturated rings. The molecule has 2 heteroatoms. The van der Waals surface area contributed by atoms with Crippen molar-refractivity contribution in [3.05, 3.63) is 12.2 Å². The van der Waals surface area contributed by atoms with Crippen molar-refractivity contribution in [1.29, 1.82) is 0 Å². The number of alkyl halides is 1. The van der Waals surface area contributed by atoms with Gasteiger partial charge in [-0.25, -0.2) is 0 Å². The van der Waals surface area contributed by atoms with E-state index in [0.717, 1.165) is 18.0 Å². The summed E-state index contributed by atoms with van der Waals surface area (Å²) < 4.78 is 1.31. The van der Waals surface area contributed by atoms with E-state index in [4.69, 9.17) is 0 Å². The lowest BCUT2D eigenvalue weighted by molar-refractivity contribution is 0.236. The molecule has 0 aliphatic carbocycles. The van der Waals surface area contributed by atoms with Gasteiger partial charge >= 0.3 is 0 Å². The third-order valence-corrected chi connectivity index (χ3v) is 4.59. The highest BCUT2D eigenvalue weighted by molar-refractivity contribution is 14.1. The van der Waals surface area contributed by atoms with Crippen LogP contribution >= 0.6 is 22.6 Å². The quantitative estimate of drug-likeness (QED) is 0.422. The lowest BCUT2D eigenvalue weighted by atomic mass is 9.94. The molecule has 1 saturated heterocycles. The molecule has 0 radical (unpaired) electrons. The van der Waals surface area contributed by atoms with Crippen LogP contribution < -0.4 is 0 Å². The van der Waals surface area contributed by atoms with Crippen molar-refractivity contribution in [3.63, 3.8) is 0 Å². The van der Waals surface area contributed by atoms with E-state index < -0.39 is 0 Å². The van der Waals surface area contributed by atoms with E-state index >= 15 is 0 Å². The predicted octanol–water partition coefficient (Wildman–Crippen LogP) is 3.88. The van der Waals surface area contributed by atoms with Crippen molar-refractivity contribution in [2.45, 2.75) is 51.6 Å². The maximum atomic E-state index is 2.58. The normalized spacial score (nSPS) is 32.9. The fourth-order valence-corrected chi connectivity index (χ4v) is 3.07. The van der Waals surface area contributed by atoms with Crippen molar-refractivity contribution in [2.24, 2.45) is 5.92 Å². The van der Waals surface area contributed by atoms with Crippen LogP contribution in [0.3, 0.4) is 0 Å². The van der Waals surface area contributed by atoms with Crippen LogP contribution in [0.4, 0.5) is 0 Å².